The first kappa shape index (κ1) is 14.3. The summed E-state index contributed by atoms with van der Waals surface area (Å²) < 4.78 is 13.9. The van der Waals surface area contributed by atoms with Gasteiger partial charge in [0, 0.05) is 4.88 Å². The molecular weight excluding hydrogens is 359 g/mol. The van der Waals surface area contributed by atoms with Crippen LogP contribution in [0.1, 0.15) is 25.9 Å². The van der Waals surface area contributed by atoms with E-state index in [9.17, 15) is 14.0 Å². The molecule has 1 aliphatic rings. The molecular formula is C14H10BrFN2O2S. The lowest BCUT2D eigenvalue weighted by atomic mass is 10.1. The lowest BCUT2D eigenvalue weighted by Crippen LogP contribution is -2.29. The van der Waals surface area contributed by atoms with Crippen molar-refractivity contribution >= 4 is 44.6 Å². The molecule has 1 aromatic heterocycles. The average Bonchev–Trinajstić information content (AvgIpc) is 2.85. The van der Waals surface area contributed by atoms with E-state index in [1.54, 1.807) is 0 Å². The summed E-state index contributed by atoms with van der Waals surface area (Å²) in [6.07, 6.45) is 0. The quantitative estimate of drug-likeness (QED) is 0.763. The number of ketones is 1. The highest BCUT2D eigenvalue weighted by atomic mass is 79.9. The van der Waals surface area contributed by atoms with E-state index in [1.807, 2.05) is 13.8 Å². The van der Waals surface area contributed by atoms with Crippen LogP contribution in [0.4, 0.5) is 10.1 Å². The lowest BCUT2D eigenvalue weighted by molar-refractivity contribution is -0.114. The molecule has 1 aromatic carbocycles. The normalized spacial score (nSPS) is 14.0. The van der Waals surface area contributed by atoms with Crippen LogP contribution in [-0.4, -0.2) is 16.7 Å². The molecule has 0 spiro atoms. The number of fused-ring (bicyclic) bond motifs is 1. The van der Waals surface area contributed by atoms with Crippen LogP contribution < -0.4 is 4.90 Å². The first-order chi connectivity index (χ1) is 9.88. The Hall–Kier alpha value is -1.60. The minimum absolute atomic E-state index is 0.171. The Balaban J connectivity index is 2.03. The van der Waals surface area contributed by atoms with Crippen LogP contribution in [0.2, 0.25) is 0 Å². The number of amides is 1. The second-order valence-corrected chi connectivity index (χ2v) is 6.90. The standard InChI is InChI=1S/C14H10BrFN2O2S/c1-6-7(2)21-12(17-6)5-18-11-4-10(16)9(15)3-8(11)13(19)14(18)20/h3-4H,5H2,1-2H3. The smallest absolute Gasteiger partial charge is 0.298 e. The van der Waals surface area contributed by atoms with Crippen LogP contribution in [0.5, 0.6) is 0 Å². The molecule has 0 saturated carbocycles. The highest BCUT2D eigenvalue weighted by Gasteiger charge is 2.37. The van der Waals surface area contributed by atoms with Crippen molar-refractivity contribution in [2.24, 2.45) is 0 Å². The number of thiazole rings is 1. The molecule has 0 unspecified atom stereocenters. The maximum Gasteiger partial charge on any atom is 0.299 e. The maximum absolute atomic E-state index is 13.7. The van der Waals surface area contributed by atoms with E-state index in [4.69, 9.17) is 0 Å². The zero-order chi connectivity index (χ0) is 15.3. The van der Waals surface area contributed by atoms with Gasteiger partial charge in [-0.1, -0.05) is 0 Å². The van der Waals surface area contributed by atoms with E-state index in [1.165, 1.54) is 28.4 Å². The van der Waals surface area contributed by atoms with Crippen LogP contribution in [0, 0.1) is 19.7 Å². The maximum atomic E-state index is 13.7. The van der Waals surface area contributed by atoms with E-state index in [2.05, 4.69) is 20.9 Å². The predicted molar refractivity (Wildman–Crippen MR) is 81.2 cm³/mol. The Morgan fingerprint density at radius 3 is 2.67 bits per heavy atom. The minimum atomic E-state index is -0.645. The van der Waals surface area contributed by atoms with Gasteiger partial charge in [-0.15, -0.1) is 11.3 Å². The monoisotopic (exact) mass is 368 g/mol. The summed E-state index contributed by atoms with van der Waals surface area (Å²) >= 11 is 4.50. The highest BCUT2D eigenvalue weighted by molar-refractivity contribution is 9.10. The number of aryl methyl sites for hydroxylation is 2. The van der Waals surface area contributed by atoms with Gasteiger partial charge in [0.2, 0.25) is 0 Å². The van der Waals surface area contributed by atoms with Crippen molar-refractivity contribution in [3.63, 3.8) is 0 Å². The van der Waals surface area contributed by atoms with Gasteiger partial charge in [0.25, 0.3) is 11.7 Å². The van der Waals surface area contributed by atoms with E-state index < -0.39 is 17.5 Å². The van der Waals surface area contributed by atoms with Gasteiger partial charge in [0.05, 0.1) is 28.0 Å². The zero-order valence-electron chi connectivity index (χ0n) is 11.2. The Labute approximate surface area is 132 Å². The number of hydrogen-bond donors (Lipinski definition) is 0. The number of anilines is 1. The van der Waals surface area contributed by atoms with Crippen molar-refractivity contribution in [2.75, 3.05) is 4.90 Å². The zero-order valence-corrected chi connectivity index (χ0v) is 13.6. The first-order valence-corrected chi connectivity index (χ1v) is 7.77. The minimum Gasteiger partial charge on any atom is -0.298 e. The van der Waals surface area contributed by atoms with Crippen molar-refractivity contribution < 1.29 is 14.0 Å². The number of aromatic nitrogens is 1. The van der Waals surface area contributed by atoms with Gasteiger partial charge in [-0.3, -0.25) is 14.5 Å². The number of nitrogens with zero attached hydrogens (tertiary/aromatic N) is 2. The van der Waals surface area contributed by atoms with Crippen molar-refractivity contribution in [3.05, 3.63) is 43.6 Å². The summed E-state index contributed by atoms with van der Waals surface area (Å²) in [5.74, 6) is -1.77. The fraction of sp³-hybridized carbons (Fsp3) is 0.214. The van der Waals surface area contributed by atoms with Gasteiger partial charge in [0.15, 0.2) is 0 Å². The molecule has 0 N–H and O–H groups in total. The largest absolute Gasteiger partial charge is 0.299 e. The van der Waals surface area contributed by atoms with E-state index in [0.717, 1.165) is 15.6 Å². The number of Topliss-reactive ketones (excluding diaryl/α,β-unsaturated/α-hetero) is 1. The molecule has 21 heavy (non-hydrogen) atoms. The van der Waals surface area contributed by atoms with E-state index in [0.29, 0.717) is 5.69 Å². The summed E-state index contributed by atoms with van der Waals surface area (Å²) in [5.41, 5.74) is 1.42. The summed E-state index contributed by atoms with van der Waals surface area (Å²) in [6.45, 7) is 4.01. The Morgan fingerprint density at radius 2 is 2.05 bits per heavy atom. The average molecular weight is 369 g/mol. The molecule has 4 nitrogen and oxygen atoms in total. The summed E-state index contributed by atoms with van der Waals surface area (Å²) in [7, 11) is 0. The van der Waals surface area contributed by atoms with Gasteiger partial charge in [-0.2, -0.15) is 0 Å². The second-order valence-electron chi connectivity index (χ2n) is 4.75. The molecule has 0 aliphatic carbocycles. The number of carbonyl (C=O) groups is 2. The van der Waals surface area contributed by atoms with E-state index in [-0.39, 0.29) is 16.6 Å². The lowest BCUT2D eigenvalue weighted by Gasteiger charge is -2.14. The van der Waals surface area contributed by atoms with Crippen LogP contribution in [0.15, 0.2) is 16.6 Å². The number of hydrogen-bond acceptors (Lipinski definition) is 4. The molecule has 2 aromatic rings. The van der Waals surface area contributed by atoms with Gasteiger partial charge >= 0.3 is 0 Å². The SMILES string of the molecule is Cc1nc(CN2C(=O)C(=O)c3cc(Br)c(F)cc32)sc1C. The van der Waals surface area contributed by atoms with Crippen molar-refractivity contribution in [3.8, 4) is 0 Å². The van der Waals surface area contributed by atoms with Crippen molar-refractivity contribution in [1.82, 2.24) is 4.98 Å². The summed E-state index contributed by atoms with van der Waals surface area (Å²) in [5, 5.41) is 0.724. The van der Waals surface area contributed by atoms with Crippen molar-refractivity contribution in [1.29, 1.82) is 0 Å². The van der Waals surface area contributed by atoms with Crippen LogP contribution in [0.3, 0.4) is 0 Å². The molecule has 0 atom stereocenters. The molecule has 7 heteroatoms. The van der Waals surface area contributed by atoms with Gasteiger partial charge in [-0.05, 0) is 41.9 Å². The molecule has 1 amide bonds. The Bertz CT molecular complexity index is 768. The number of halogens is 2. The third kappa shape index (κ3) is 2.30. The van der Waals surface area contributed by atoms with Crippen molar-refractivity contribution in [2.45, 2.75) is 20.4 Å². The van der Waals surface area contributed by atoms with Crippen LogP contribution >= 0.6 is 27.3 Å². The number of rotatable bonds is 2. The third-order valence-electron chi connectivity index (χ3n) is 3.38. The predicted octanol–water partition coefficient (Wildman–Crippen LogP) is 3.39. The van der Waals surface area contributed by atoms with Crippen LogP contribution in [-0.2, 0) is 11.3 Å². The summed E-state index contributed by atoms with van der Waals surface area (Å²) in [4.78, 5) is 30.8. The fourth-order valence-electron chi connectivity index (χ4n) is 2.19. The molecule has 0 saturated heterocycles. The molecule has 108 valence electrons. The highest BCUT2D eigenvalue weighted by Crippen LogP contribution is 2.34. The molecule has 2 heterocycles. The Kier molecular flexibility index (Phi) is 3.41. The van der Waals surface area contributed by atoms with Crippen LogP contribution in [0.25, 0.3) is 0 Å². The van der Waals surface area contributed by atoms with E-state index >= 15 is 0 Å². The molecule has 0 bridgehead atoms. The topological polar surface area (TPSA) is 50.3 Å². The van der Waals surface area contributed by atoms with Gasteiger partial charge < -0.3 is 0 Å². The Morgan fingerprint density at radius 1 is 1.33 bits per heavy atom. The number of benzene rings is 1. The fourth-order valence-corrected chi connectivity index (χ4v) is 3.45. The molecule has 1 aliphatic heterocycles. The van der Waals surface area contributed by atoms with Gasteiger partial charge in [-0.25, -0.2) is 9.37 Å². The van der Waals surface area contributed by atoms with Gasteiger partial charge in [0.1, 0.15) is 10.8 Å². The number of carbonyl (C=O) groups excluding carboxylic acids is 2. The summed E-state index contributed by atoms with van der Waals surface area (Å²) in [6, 6.07) is 2.55. The first-order valence-electron chi connectivity index (χ1n) is 6.16. The second kappa shape index (κ2) is 4.99. The molecule has 0 radical (unpaired) electrons. The molecule has 3 rings (SSSR count). The third-order valence-corrected chi connectivity index (χ3v) is 5.04. The molecule has 0 fully saturated rings.